The molecule has 0 saturated carbocycles. The van der Waals surface area contributed by atoms with E-state index in [1.807, 2.05) is 32.0 Å². The van der Waals surface area contributed by atoms with Gasteiger partial charge in [0.25, 0.3) is 0 Å². The molecule has 29 heavy (non-hydrogen) atoms. The van der Waals surface area contributed by atoms with Crippen molar-refractivity contribution in [3.63, 3.8) is 0 Å². The summed E-state index contributed by atoms with van der Waals surface area (Å²) in [5.74, 6) is 1.64. The Hall–Kier alpha value is -2.79. The van der Waals surface area contributed by atoms with Crippen molar-refractivity contribution in [3.8, 4) is 17.2 Å². The molecule has 0 amide bonds. The number of aryl methyl sites for hydroxylation is 2. The zero-order valence-corrected chi connectivity index (χ0v) is 17.2. The van der Waals surface area contributed by atoms with Crippen molar-refractivity contribution in [1.82, 2.24) is 4.90 Å². The third kappa shape index (κ3) is 4.15. The van der Waals surface area contributed by atoms with E-state index in [9.17, 15) is 9.90 Å². The van der Waals surface area contributed by atoms with E-state index in [0.717, 1.165) is 43.0 Å². The van der Waals surface area contributed by atoms with Crippen LogP contribution in [0.15, 0.2) is 45.8 Å². The second kappa shape index (κ2) is 7.91. The summed E-state index contributed by atoms with van der Waals surface area (Å²) in [6, 6.07) is 8.99. The van der Waals surface area contributed by atoms with Crippen LogP contribution in [0.3, 0.4) is 0 Å². The maximum Gasteiger partial charge on any atom is 0.235 e. The SMILES string of the molecule is Cc1cc(C)cc(Oc2coc3c(CN4CCC(C)CC4)c(O)ccc3c2=O)c1. The quantitative estimate of drug-likeness (QED) is 0.665. The van der Waals surface area contributed by atoms with Crippen LogP contribution in [0.1, 0.15) is 36.5 Å². The lowest BCUT2D eigenvalue weighted by Crippen LogP contribution is -2.32. The summed E-state index contributed by atoms with van der Waals surface area (Å²) in [5, 5.41) is 10.8. The summed E-state index contributed by atoms with van der Waals surface area (Å²) in [6.45, 7) is 8.77. The number of hydrogen-bond acceptors (Lipinski definition) is 5. The first-order chi connectivity index (χ1) is 13.9. The molecule has 0 atom stereocenters. The first-order valence-corrected chi connectivity index (χ1v) is 10.2. The molecule has 152 valence electrons. The fourth-order valence-corrected chi connectivity index (χ4v) is 4.02. The normalized spacial score (nSPS) is 15.7. The minimum absolute atomic E-state index is 0.144. The van der Waals surface area contributed by atoms with Gasteiger partial charge in [0.15, 0.2) is 0 Å². The number of likely N-dealkylation sites (tertiary alicyclic amines) is 1. The Morgan fingerprint density at radius 2 is 1.83 bits per heavy atom. The van der Waals surface area contributed by atoms with Crippen molar-refractivity contribution in [2.75, 3.05) is 13.1 Å². The van der Waals surface area contributed by atoms with Gasteiger partial charge in [-0.15, -0.1) is 0 Å². The molecule has 0 aliphatic carbocycles. The lowest BCUT2D eigenvalue weighted by Gasteiger charge is -2.30. The standard InChI is InChI=1S/C24H27NO4/c1-15-6-8-25(9-7-15)13-20-21(26)5-4-19-23(27)22(14-28-24(19)20)29-18-11-16(2)10-17(3)12-18/h4-5,10-12,14-15,26H,6-9,13H2,1-3H3. The van der Waals surface area contributed by atoms with E-state index in [2.05, 4.69) is 11.8 Å². The number of piperidine rings is 1. The molecule has 5 heteroatoms. The van der Waals surface area contributed by atoms with Crippen molar-refractivity contribution in [2.24, 2.45) is 5.92 Å². The van der Waals surface area contributed by atoms with Gasteiger partial charge in [0.05, 0.1) is 10.9 Å². The average molecular weight is 393 g/mol. The van der Waals surface area contributed by atoms with Crippen LogP contribution in [-0.4, -0.2) is 23.1 Å². The number of phenols is 1. The predicted octanol–water partition coefficient (Wildman–Crippen LogP) is 5.14. The molecule has 1 N–H and O–H groups in total. The van der Waals surface area contributed by atoms with Gasteiger partial charge < -0.3 is 14.3 Å². The van der Waals surface area contributed by atoms with Gasteiger partial charge in [-0.05, 0) is 81.1 Å². The molecule has 0 spiro atoms. The van der Waals surface area contributed by atoms with Crippen LogP contribution in [0.25, 0.3) is 11.0 Å². The minimum atomic E-state index is -0.237. The molecule has 1 saturated heterocycles. The van der Waals surface area contributed by atoms with Crippen LogP contribution in [0.2, 0.25) is 0 Å². The van der Waals surface area contributed by atoms with E-state index in [4.69, 9.17) is 9.15 Å². The number of rotatable bonds is 4. The van der Waals surface area contributed by atoms with Gasteiger partial charge in [-0.3, -0.25) is 9.69 Å². The Balaban J connectivity index is 1.68. The van der Waals surface area contributed by atoms with Crippen molar-refractivity contribution >= 4 is 11.0 Å². The maximum atomic E-state index is 13.0. The summed E-state index contributed by atoms with van der Waals surface area (Å²) in [4.78, 5) is 15.3. The van der Waals surface area contributed by atoms with Crippen LogP contribution < -0.4 is 10.2 Å². The minimum Gasteiger partial charge on any atom is -0.507 e. The summed E-state index contributed by atoms with van der Waals surface area (Å²) in [5.41, 5.74) is 2.98. The Kier molecular flexibility index (Phi) is 5.33. The van der Waals surface area contributed by atoms with Crippen LogP contribution in [-0.2, 0) is 6.54 Å². The van der Waals surface area contributed by atoms with Crippen molar-refractivity contribution in [3.05, 3.63) is 63.5 Å². The molecule has 1 aliphatic heterocycles. The molecular weight excluding hydrogens is 366 g/mol. The van der Waals surface area contributed by atoms with E-state index >= 15 is 0 Å². The highest BCUT2D eigenvalue weighted by Crippen LogP contribution is 2.31. The molecule has 2 aromatic carbocycles. The van der Waals surface area contributed by atoms with E-state index < -0.39 is 0 Å². The van der Waals surface area contributed by atoms with E-state index in [1.165, 1.54) is 6.26 Å². The Bertz CT molecular complexity index is 1070. The van der Waals surface area contributed by atoms with Crippen molar-refractivity contribution in [1.29, 1.82) is 0 Å². The Morgan fingerprint density at radius 1 is 1.14 bits per heavy atom. The van der Waals surface area contributed by atoms with Crippen LogP contribution in [0, 0.1) is 19.8 Å². The second-order valence-electron chi connectivity index (χ2n) is 8.25. The largest absolute Gasteiger partial charge is 0.507 e. The first kappa shape index (κ1) is 19.5. The van der Waals surface area contributed by atoms with Gasteiger partial charge in [-0.1, -0.05) is 13.0 Å². The molecule has 0 radical (unpaired) electrons. The molecule has 1 aliphatic rings. The van der Waals surface area contributed by atoms with E-state index in [0.29, 0.717) is 28.8 Å². The number of benzene rings is 2. The monoisotopic (exact) mass is 393 g/mol. The van der Waals surface area contributed by atoms with E-state index in [1.54, 1.807) is 12.1 Å². The van der Waals surface area contributed by atoms with Crippen molar-refractivity contribution in [2.45, 2.75) is 40.2 Å². The van der Waals surface area contributed by atoms with Gasteiger partial charge in [0.2, 0.25) is 11.2 Å². The van der Waals surface area contributed by atoms with Crippen molar-refractivity contribution < 1.29 is 14.3 Å². The second-order valence-corrected chi connectivity index (χ2v) is 8.25. The molecule has 2 heterocycles. The Labute approximate surface area is 170 Å². The summed E-state index contributed by atoms with van der Waals surface area (Å²) in [7, 11) is 0. The van der Waals surface area contributed by atoms with Gasteiger partial charge in [-0.25, -0.2) is 0 Å². The predicted molar refractivity (Wildman–Crippen MR) is 114 cm³/mol. The highest BCUT2D eigenvalue weighted by molar-refractivity contribution is 5.83. The molecule has 1 fully saturated rings. The summed E-state index contributed by atoms with van der Waals surface area (Å²) < 4.78 is 11.7. The lowest BCUT2D eigenvalue weighted by atomic mass is 9.98. The number of aromatic hydroxyl groups is 1. The molecule has 0 bridgehead atoms. The number of hydrogen-bond donors (Lipinski definition) is 1. The average Bonchev–Trinajstić information content (AvgIpc) is 2.67. The Morgan fingerprint density at radius 3 is 2.52 bits per heavy atom. The number of fused-ring (bicyclic) bond motifs is 1. The topological polar surface area (TPSA) is 62.9 Å². The zero-order chi connectivity index (χ0) is 20.5. The first-order valence-electron chi connectivity index (χ1n) is 10.2. The van der Waals surface area contributed by atoms with Gasteiger partial charge in [-0.2, -0.15) is 0 Å². The number of phenolic OH excluding ortho intramolecular Hbond substituents is 1. The molecule has 1 aromatic heterocycles. The molecule has 0 unspecified atom stereocenters. The zero-order valence-electron chi connectivity index (χ0n) is 17.2. The highest BCUT2D eigenvalue weighted by atomic mass is 16.5. The fourth-order valence-electron chi connectivity index (χ4n) is 4.02. The number of ether oxygens (including phenoxy) is 1. The maximum absolute atomic E-state index is 13.0. The number of nitrogens with zero attached hydrogens (tertiary/aromatic N) is 1. The van der Waals surface area contributed by atoms with Crippen LogP contribution >= 0.6 is 0 Å². The van der Waals surface area contributed by atoms with Gasteiger partial charge >= 0.3 is 0 Å². The van der Waals surface area contributed by atoms with Crippen LogP contribution in [0.5, 0.6) is 17.2 Å². The third-order valence-corrected chi connectivity index (χ3v) is 5.67. The van der Waals surface area contributed by atoms with Gasteiger partial charge in [0.1, 0.15) is 23.3 Å². The summed E-state index contributed by atoms with van der Waals surface area (Å²) >= 11 is 0. The van der Waals surface area contributed by atoms with Gasteiger partial charge in [0, 0.05) is 6.54 Å². The third-order valence-electron chi connectivity index (χ3n) is 5.67. The smallest absolute Gasteiger partial charge is 0.235 e. The van der Waals surface area contributed by atoms with Crippen LogP contribution in [0.4, 0.5) is 0 Å². The lowest BCUT2D eigenvalue weighted by molar-refractivity contribution is 0.184. The molecule has 5 nitrogen and oxygen atoms in total. The molecular formula is C24H27NO4. The highest BCUT2D eigenvalue weighted by Gasteiger charge is 2.21. The van der Waals surface area contributed by atoms with E-state index in [-0.39, 0.29) is 16.9 Å². The fraction of sp³-hybridized carbons (Fsp3) is 0.375. The summed E-state index contributed by atoms with van der Waals surface area (Å²) in [6.07, 6.45) is 3.64. The molecule has 4 rings (SSSR count). The molecule has 3 aromatic rings.